The highest BCUT2D eigenvalue weighted by atomic mass is 79.9. The molecule has 0 saturated heterocycles. The van der Waals surface area contributed by atoms with Crippen LogP contribution < -0.4 is 11.3 Å². The number of ether oxygens (including phenoxy) is 1. The molecule has 0 aromatic heterocycles. The lowest BCUT2D eigenvalue weighted by Gasteiger charge is -2.19. The second-order valence-electron chi connectivity index (χ2n) is 3.82. The van der Waals surface area contributed by atoms with Gasteiger partial charge >= 0.3 is 0 Å². The summed E-state index contributed by atoms with van der Waals surface area (Å²) in [6, 6.07) is 6.06. The summed E-state index contributed by atoms with van der Waals surface area (Å²) in [7, 11) is 0. The zero-order valence-electron chi connectivity index (χ0n) is 9.16. The first-order valence-corrected chi connectivity index (χ1v) is 6.07. The maximum Gasteiger partial charge on any atom is 0.115 e. The minimum absolute atomic E-state index is 0.0724. The van der Waals surface area contributed by atoms with Crippen molar-refractivity contribution in [3.63, 3.8) is 0 Å². The minimum Gasteiger partial charge on any atom is -0.496 e. The van der Waals surface area contributed by atoms with E-state index in [9.17, 15) is 0 Å². The number of nitrogens with one attached hydrogen (secondary N) is 1. The summed E-state index contributed by atoms with van der Waals surface area (Å²) < 4.78 is 6.63. The van der Waals surface area contributed by atoms with Gasteiger partial charge in [-0.25, -0.2) is 5.43 Å². The van der Waals surface area contributed by atoms with Crippen LogP contribution in [0.3, 0.4) is 0 Å². The van der Waals surface area contributed by atoms with E-state index in [4.69, 9.17) is 10.6 Å². The van der Waals surface area contributed by atoms with Gasteiger partial charge in [-0.15, -0.1) is 0 Å². The number of hydrazine groups is 1. The molecule has 1 aliphatic rings. The van der Waals surface area contributed by atoms with Crippen LogP contribution in [0.25, 0.3) is 0 Å². The van der Waals surface area contributed by atoms with Gasteiger partial charge < -0.3 is 4.74 Å². The lowest BCUT2D eigenvalue weighted by Crippen LogP contribution is -2.30. The van der Waals surface area contributed by atoms with E-state index in [0.717, 1.165) is 28.8 Å². The molecule has 86 valence electrons. The van der Waals surface area contributed by atoms with E-state index in [1.807, 2.05) is 12.1 Å². The van der Waals surface area contributed by atoms with Crippen LogP contribution >= 0.6 is 15.9 Å². The van der Waals surface area contributed by atoms with Crippen molar-refractivity contribution in [2.24, 2.45) is 5.84 Å². The normalized spacial score (nSPS) is 16.8. The average molecular weight is 283 g/mol. The van der Waals surface area contributed by atoms with Crippen LogP contribution in [-0.4, -0.2) is 6.61 Å². The largest absolute Gasteiger partial charge is 0.496 e. The zero-order valence-corrected chi connectivity index (χ0v) is 10.8. The van der Waals surface area contributed by atoms with Crippen molar-refractivity contribution in [1.29, 1.82) is 0 Å². The molecule has 0 aliphatic carbocycles. The van der Waals surface area contributed by atoms with Crippen LogP contribution in [0.4, 0.5) is 0 Å². The lowest BCUT2D eigenvalue weighted by molar-refractivity contribution is 0.215. The SMILES string of the molecule is Cc1cccc(C(NN)C2=CCCO2)c1Br. The van der Waals surface area contributed by atoms with Gasteiger partial charge in [0.25, 0.3) is 0 Å². The summed E-state index contributed by atoms with van der Waals surface area (Å²) >= 11 is 3.59. The number of hydrogen-bond donors (Lipinski definition) is 2. The molecule has 0 amide bonds. The Morgan fingerprint density at radius 3 is 2.94 bits per heavy atom. The third kappa shape index (κ3) is 2.14. The first-order valence-electron chi connectivity index (χ1n) is 5.28. The summed E-state index contributed by atoms with van der Waals surface area (Å²) in [5.74, 6) is 6.52. The molecule has 0 spiro atoms. The van der Waals surface area contributed by atoms with Crippen molar-refractivity contribution < 1.29 is 4.74 Å². The maximum absolute atomic E-state index is 5.61. The molecule has 1 aromatic rings. The number of aryl methyl sites for hydroxylation is 1. The van der Waals surface area contributed by atoms with Gasteiger partial charge in [-0.3, -0.25) is 5.84 Å². The Hall–Kier alpha value is -0.840. The summed E-state index contributed by atoms with van der Waals surface area (Å²) in [5, 5.41) is 0. The number of hydrogen-bond acceptors (Lipinski definition) is 3. The Morgan fingerprint density at radius 2 is 2.31 bits per heavy atom. The summed E-state index contributed by atoms with van der Waals surface area (Å²) in [4.78, 5) is 0. The van der Waals surface area contributed by atoms with Crippen LogP contribution in [0, 0.1) is 6.92 Å². The van der Waals surface area contributed by atoms with Crippen LogP contribution in [0.5, 0.6) is 0 Å². The van der Waals surface area contributed by atoms with Crippen molar-refractivity contribution in [2.45, 2.75) is 19.4 Å². The van der Waals surface area contributed by atoms with Crippen LogP contribution in [-0.2, 0) is 4.74 Å². The number of rotatable bonds is 3. The second-order valence-corrected chi connectivity index (χ2v) is 4.61. The van der Waals surface area contributed by atoms with Crippen LogP contribution in [0.2, 0.25) is 0 Å². The fraction of sp³-hybridized carbons (Fsp3) is 0.333. The first kappa shape index (κ1) is 11.6. The van der Waals surface area contributed by atoms with Gasteiger partial charge in [0.2, 0.25) is 0 Å². The van der Waals surface area contributed by atoms with E-state index < -0.39 is 0 Å². The predicted molar refractivity (Wildman–Crippen MR) is 67.6 cm³/mol. The van der Waals surface area contributed by atoms with E-state index >= 15 is 0 Å². The fourth-order valence-corrected chi connectivity index (χ4v) is 2.35. The molecule has 2 rings (SSSR count). The van der Waals surface area contributed by atoms with Gasteiger partial charge in [-0.2, -0.15) is 0 Å². The van der Waals surface area contributed by atoms with Crippen molar-refractivity contribution in [3.05, 3.63) is 45.6 Å². The zero-order chi connectivity index (χ0) is 11.5. The standard InChI is InChI=1S/C12H15BrN2O/c1-8-4-2-5-9(11(8)13)12(15-14)10-6-3-7-16-10/h2,4-6,12,15H,3,7,14H2,1H3. The number of benzene rings is 1. The molecule has 1 atom stereocenters. The molecule has 0 saturated carbocycles. The van der Waals surface area contributed by atoms with Crippen molar-refractivity contribution in [2.75, 3.05) is 6.61 Å². The highest BCUT2D eigenvalue weighted by molar-refractivity contribution is 9.10. The molecule has 1 unspecified atom stereocenters. The molecule has 0 bridgehead atoms. The Bertz CT molecular complexity index is 417. The molecule has 1 heterocycles. The highest BCUT2D eigenvalue weighted by Gasteiger charge is 2.21. The second kappa shape index (κ2) is 4.99. The third-order valence-electron chi connectivity index (χ3n) is 2.72. The molecule has 0 fully saturated rings. The van der Waals surface area contributed by atoms with E-state index in [1.54, 1.807) is 0 Å². The summed E-state index contributed by atoms with van der Waals surface area (Å²) in [6.07, 6.45) is 3.04. The maximum atomic E-state index is 5.61. The third-order valence-corrected chi connectivity index (χ3v) is 3.80. The van der Waals surface area contributed by atoms with E-state index in [-0.39, 0.29) is 6.04 Å². The van der Waals surface area contributed by atoms with Gasteiger partial charge in [0.1, 0.15) is 11.8 Å². The van der Waals surface area contributed by atoms with Gasteiger partial charge in [0.05, 0.1) is 6.61 Å². The van der Waals surface area contributed by atoms with Crippen LogP contribution in [0.15, 0.2) is 34.5 Å². The highest BCUT2D eigenvalue weighted by Crippen LogP contribution is 2.32. The topological polar surface area (TPSA) is 47.3 Å². The van der Waals surface area contributed by atoms with Gasteiger partial charge in [0, 0.05) is 10.9 Å². The Morgan fingerprint density at radius 1 is 1.50 bits per heavy atom. The fourth-order valence-electron chi connectivity index (χ4n) is 1.86. The number of nitrogens with two attached hydrogens (primary N) is 1. The van der Waals surface area contributed by atoms with Gasteiger partial charge in [-0.05, 0) is 24.1 Å². The Kier molecular flexibility index (Phi) is 3.63. The minimum atomic E-state index is -0.0724. The first-order chi connectivity index (χ1) is 7.74. The van der Waals surface area contributed by atoms with E-state index in [0.29, 0.717) is 0 Å². The summed E-state index contributed by atoms with van der Waals surface area (Å²) in [5.41, 5.74) is 5.10. The van der Waals surface area contributed by atoms with Crippen LogP contribution in [0.1, 0.15) is 23.6 Å². The molecular formula is C12H15BrN2O. The molecule has 3 N–H and O–H groups in total. The molecular weight excluding hydrogens is 268 g/mol. The van der Waals surface area contributed by atoms with E-state index in [2.05, 4.69) is 40.4 Å². The van der Waals surface area contributed by atoms with Gasteiger partial charge in [0.15, 0.2) is 0 Å². The smallest absolute Gasteiger partial charge is 0.115 e. The lowest BCUT2D eigenvalue weighted by atomic mass is 10.0. The Balaban J connectivity index is 2.36. The molecule has 1 aromatic carbocycles. The molecule has 0 radical (unpaired) electrons. The molecule has 16 heavy (non-hydrogen) atoms. The van der Waals surface area contributed by atoms with Gasteiger partial charge in [-0.1, -0.05) is 34.1 Å². The van der Waals surface area contributed by atoms with Crippen molar-refractivity contribution in [3.8, 4) is 0 Å². The van der Waals surface area contributed by atoms with Crippen molar-refractivity contribution in [1.82, 2.24) is 5.43 Å². The average Bonchev–Trinajstić information content (AvgIpc) is 2.79. The Labute approximate surface area is 104 Å². The molecule has 3 nitrogen and oxygen atoms in total. The quantitative estimate of drug-likeness (QED) is 0.662. The van der Waals surface area contributed by atoms with Crippen molar-refractivity contribution >= 4 is 15.9 Å². The predicted octanol–water partition coefficient (Wildman–Crippen LogP) is 2.57. The summed E-state index contributed by atoms with van der Waals surface area (Å²) in [6.45, 7) is 2.81. The molecule has 1 aliphatic heterocycles. The number of halogens is 1. The molecule has 4 heteroatoms. The van der Waals surface area contributed by atoms with E-state index in [1.165, 1.54) is 5.56 Å². The monoisotopic (exact) mass is 282 g/mol.